The van der Waals surface area contributed by atoms with E-state index in [4.69, 9.17) is 19.6 Å². The molecule has 0 saturated carbocycles. The monoisotopic (exact) mass is 317 g/mol. The minimum Gasteiger partial charge on any atom is -0.394 e. The van der Waals surface area contributed by atoms with Crippen molar-refractivity contribution in [2.45, 2.75) is 37.3 Å². The molecule has 0 aliphatic carbocycles. The predicted molar refractivity (Wildman–Crippen MR) is 59.7 cm³/mol. The van der Waals surface area contributed by atoms with Crippen LogP contribution in [0.3, 0.4) is 0 Å². The molecule has 11 nitrogen and oxygen atoms in total. The van der Waals surface area contributed by atoms with Gasteiger partial charge in [0, 0.05) is 6.92 Å². The van der Waals surface area contributed by atoms with E-state index in [1.54, 1.807) is 5.32 Å². The topological polar surface area (TPSA) is 186 Å². The summed E-state index contributed by atoms with van der Waals surface area (Å²) in [5.41, 5.74) is -2.81. The molecule has 1 rings (SSSR count). The second-order valence-electron chi connectivity index (χ2n) is 4.23. The third-order valence-electron chi connectivity index (χ3n) is 2.60. The number of hydrogen-bond donors (Lipinski definition) is 7. The number of carbonyl (C=O) groups is 1. The summed E-state index contributed by atoms with van der Waals surface area (Å²) in [7, 11) is -5.15. The van der Waals surface area contributed by atoms with E-state index in [-0.39, 0.29) is 0 Å². The van der Waals surface area contributed by atoms with E-state index in [0.717, 1.165) is 6.92 Å². The van der Waals surface area contributed by atoms with Crippen LogP contribution < -0.4 is 5.32 Å². The van der Waals surface area contributed by atoms with Gasteiger partial charge in [0.2, 0.25) is 17.9 Å². The molecule has 1 amide bonds. The van der Waals surface area contributed by atoms with Crippen LogP contribution in [-0.4, -0.2) is 73.1 Å². The van der Waals surface area contributed by atoms with E-state index in [9.17, 15) is 24.7 Å². The highest BCUT2D eigenvalue weighted by molar-refractivity contribution is 7.46. The maximum absolute atomic E-state index is 11.0. The molecule has 0 aromatic carbocycles. The third kappa shape index (κ3) is 3.73. The quantitative estimate of drug-likeness (QED) is 0.201. The van der Waals surface area contributed by atoms with Crippen LogP contribution in [0.5, 0.6) is 0 Å². The number of rotatable bonds is 4. The fourth-order valence-corrected chi connectivity index (χ4v) is 2.20. The van der Waals surface area contributed by atoms with Crippen molar-refractivity contribution >= 4 is 13.7 Å². The number of phosphoric ester groups is 1. The lowest BCUT2D eigenvalue weighted by Gasteiger charge is -2.47. The van der Waals surface area contributed by atoms with Gasteiger partial charge in [-0.15, -0.1) is 0 Å². The Balaban J connectivity index is 3.11. The molecule has 1 fully saturated rings. The van der Waals surface area contributed by atoms with Crippen LogP contribution in [0.1, 0.15) is 6.92 Å². The summed E-state index contributed by atoms with van der Waals surface area (Å²) in [6, 6.07) is 0. The molecule has 0 aromatic heterocycles. The Labute approximate surface area is 113 Å². The molecule has 0 unspecified atom stereocenters. The largest absolute Gasteiger partial charge is 0.472 e. The fourth-order valence-electron chi connectivity index (χ4n) is 1.74. The second-order valence-corrected chi connectivity index (χ2v) is 5.42. The standard InChI is InChI=1S/C8H16NO10P/c1-3(11)9-8(14)6(13)5(12)4(2-10)18-7(8)19-20(15,16)17/h4-7,10,12-14H,2H2,1H3,(H,9,11)(H2,15,16,17)/t4-,5-,6+,7-,8-/m1/s1. The zero-order valence-corrected chi connectivity index (χ0v) is 11.2. The van der Waals surface area contributed by atoms with E-state index in [0.29, 0.717) is 0 Å². The lowest BCUT2D eigenvalue weighted by atomic mass is 9.93. The average Bonchev–Trinajstić information content (AvgIpc) is 2.28. The highest BCUT2D eigenvalue weighted by Crippen LogP contribution is 2.42. The molecule has 20 heavy (non-hydrogen) atoms. The summed E-state index contributed by atoms with van der Waals surface area (Å²) in [6.07, 6.45) is -7.62. The van der Waals surface area contributed by atoms with Crippen LogP contribution in [0.4, 0.5) is 0 Å². The van der Waals surface area contributed by atoms with Gasteiger partial charge in [-0.25, -0.2) is 4.57 Å². The van der Waals surface area contributed by atoms with Gasteiger partial charge in [0.15, 0.2) is 0 Å². The highest BCUT2D eigenvalue weighted by atomic mass is 31.2. The van der Waals surface area contributed by atoms with Gasteiger partial charge in [-0.3, -0.25) is 9.32 Å². The molecule has 1 heterocycles. The first-order valence-corrected chi connectivity index (χ1v) is 6.92. The van der Waals surface area contributed by atoms with Gasteiger partial charge < -0.3 is 40.3 Å². The van der Waals surface area contributed by atoms with Crippen LogP contribution >= 0.6 is 7.82 Å². The molecule has 1 saturated heterocycles. The van der Waals surface area contributed by atoms with Gasteiger partial charge in [0.05, 0.1) is 6.61 Å². The first-order valence-electron chi connectivity index (χ1n) is 5.38. The van der Waals surface area contributed by atoms with Gasteiger partial charge in [-0.2, -0.15) is 0 Å². The summed E-state index contributed by atoms with van der Waals surface area (Å²) < 4.78 is 19.7. The lowest BCUT2D eigenvalue weighted by Crippen LogP contribution is -2.73. The molecule has 0 spiro atoms. The molecule has 1 aliphatic rings. The van der Waals surface area contributed by atoms with Gasteiger partial charge in [-0.05, 0) is 0 Å². The zero-order chi connectivity index (χ0) is 15.7. The molecule has 0 aromatic rings. The molecule has 0 bridgehead atoms. The van der Waals surface area contributed by atoms with Crippen LogP contribution in [0.25, 0.3) is 0 Å². The molecular weight excluding hydrogens is 301 g/mol. The first-order chi connectivity index (χ1) is 9.01. The van der Waals surface area contributed by atoms with Gasteiger partial charge in [0.1, 0.15) is 18.3 Å². The highest BCUT2D eigenvalue weighted by Gasteiger charge is 2.57. The van der Waals surface area contributed by atoms with Crippen molar-refractivity contribution in [2.24, 2.45) is 0 Å². The Bertz CT molecular complexity index is 412. The maximum atomic E-state index is 11.0. The van der Waals surface area contributed by atoms with E-state index < -0.39 is 50.7 Å². The van der Waals surface area contributed by atoms with Gasteiger partial charge in [-0.1, -0.05) is 0 Å². The Morgan fingerprint density at radius 3 is 2.40 bits per heavy atom. The summed E-state index contributed by atoms with van der Waals surface area (Å²) >= 11 is 0. The van der Waals surface area contributed by atoms with Crippen LogP contribution in [-0.2, 0) is 18.6 Å². The Kier molecular flexibility index (Phi) is 5.24. The Morgan fingerprint density at radius 2 is 2.00 bits per heavy atom. The summed E-state index contributed by atoms with van der Waals surface area (Å²) in [5.74, 6) is -0.885. The summed E-state index contributed by atoms with van der Waals surface area (Å²) in [6.45, 7) is 0.124. The smallest absolute Gasteiger partial charge is 0.394 e. The number of nitrogens with one attached hydrogen (secondary N) is 1. The Hall–Kier alpha value is -0.620. The van der Waals surface area contributed by atoms with Crippen molar-refractivity contribution in [3.05, 3.63) is 0 Å². The van der Waals surface area contributed by atoms with E-state index in [1.807, 2.05) is 0 Å². The number of ether oxygens (including phenoxy) is 1. The van der Waals surface area contributed by atoms with E-state index >= 15 is 0 Å². The van der Waals surface area contributed by atoms with Crippen molar-refractivity contribution < 1.29 is 48.8 Å². The van der Waals surface area contributed by atoms with E-state index in [2.05, 4.69) is 4.52 Å². The zero-order valence-electron chi connectivity index (χ0n) is 10.3. The van der Waals surface area contributed by atoms with E-state index in [1.165, 1.54) is 0 Å². The molecular formula is C8H16NO10P. The van der Waals surface area contributed by atoms with Crippen LogP contribution in [0, 0.1) is 0 Å². The van der Waals surface area contributed by atoms with Crippen molar-refractivity contribution in [2.75, 3.05) is 6.61 Å². The molecule has 7 N–H and O–H groups in total. The van der Waals surface area contributed by atoms with Crippen molar-refractivity contribution in [1.82, 2.24) is 5.32 Å². The molecule has 0 radical (unpaired) electrons. The van der Waals surface area contributed by atoms with Crippen molar-refractivity contribution in [1.29, 1.82) is 0 Å². The second kappa shape index (κ2) is 6.02. The summed E-state index contributed by atoms with van der Waals surface area (Å²) in [4.78, 5) is 28.5. The van der Waals surface area contributed by atoms with Crippen molar-refractivity contribution in [3.63, 3.8) is 0 Å². The number of phosphoric acid groups is 1. The molecule has 1 aliphatic heterocycles. The average molecular weight is 317 g/mol. The normalized spacial score (nSPS) is 38.5. The van der Waals surface area contributed by atoms with Crippen LogP contribution in [0.15, 0.2) is 0 Å². The SMILES string of the molecule is CC(=O)N[C@]1(O)[C@@H](OP(=O)(O)O)O[C@H](CO)[C@@H](O)[C@@H]1O. The summed E-state index contributed by atoms with van der Waals surface area (Å²) in [5, 5.41) is 40.2. The lowest BCUT2D eigenvalue weighted by molar-refractivity contribution is -0.330. The predicted octanol–water partition coefficient (Wildman–Crippen LogP) is -3.64. The minimum absolute atomic E-state index is 0.824. The molecule has 12 heteroatoms. The molecule has 118 valence electrons. The number of aliphatic hydroxyl groups excluding tert-OH is 3. The van der Waals surface area contributed by atoms with Gasteiger partial charge in [0.25, 0.3) is 0 Å². The first kappa shape index (κ1) is 17.4. The number of amides is 1. The number of hydrogen-bond acceptors (Lipinski definition) is 8. The van der Waals surface area contributed by atoms with Gasteiger partial charge >= 0.3 is 7.82 Å². The Morgan fingerprint density at radius 1 is 1.45 bits per heavy atom. The van der Waals surface area contributed by atoms with Crippen molar-refractivity contribution in [3.8, 4) is 0 Å². The minimum atomic E-state index is -5.15. The third-order valence-corrected chi connectivity index (χ3v) is 3.07. The number of aliphatic hydroxyl groups is 4. The van der Waals surface area contributed by atoms with Crippen LogP contribution in [0.2, 0.25) is 0 Å². The maximum Gasteiger partial charge on any atom is 0.472 e. The molecule has 5 atom stereocenters. The number of carbonyl (C=O) groups excluding carboxylic acids is 1. The fraction of sp³-hybridized carbons (Fsp3) is 0.875.